The number of hydrogen-bond donors (Lipinski definition) is 4. The number of H-pyrrole nitrogens is 1. The SMILES string of the molecule is CC1(O)CCC(CNc2ccc(S(=O)(=O)NC(=O)c3ccc(N4CCN(CC5=C(C67CC(C)(C6)C7)CC6(CCC6)CC5)CC4)cc3Oc3cnc4[nH]ccc4c3)cc2[N+](=O)[O-])CC1. The van der Waals surface area contributed by atoms with Crippen LogP contribution in [0.25, 0.3) is 11.0 Å². The molecular weight excluding hydrogens is 819 g/mol. The van der Waals surface area contributed by atoms with Gasteiger partial charge in [-0.2, -0.15) is 0 Å². The van der Waals surface area contributed by atoms with E-state index in [-0.39, 0.29) is 22.9 Å². The Hall–Kier alpha value is -4.99. The lowest BCUT2D eigenvalue weighted by Gasteiger charge is -2.72. The molecule has 2 bridgehead atoms. The highest BCUT2D eigenvalue weighted by Gasteiger charge is 2.67. The second kappa shape index (κ2) is 15.6. The van der Waals surface area contributed by atoms with Crippen LogP contribution in [-0.4, -0.2) is 84.1 Å². The number of benzene rings is 2. The number of anilines is 2. The van der Waals surface area contributed by atoms with Gasteiger partial charge in [0.2, 0.25) is 0 Å². The molecule has 0 unspecified atom stereocenters. The summed E-state index contributed by atoms with van der Waals surface area (Å²) in [5.74, 6) is -0.198. The van der Waals surface area contributed by atoms with Crippen molar-refractivity contribution in [1.29, 1.82) is 0 Å². The number of allylic oxidation sites excluding steroid dienone is 1. The number of aromatic amines is 1. The van der Waals surface area contributed by atoms with Crippen LogP contribution in [0.4, 0.5) is 17.1 Å². The standard InChI is InChI=1S/C48H59N7O7S/c1-45-29-48(30-45,31-45)39-25-47(12-3-13-47)16-10-34(39)28-53-18-20-54(21-19-53)35-4-6-38(42(23-35)62-36-22-33-11-17-49-43(33)51-27-36)44(56)52-63(60,61)37-5-7-40(41(24-37)55(58)59)50-26-32-8-14-46(2,57)15-9-32/h4-7,11,17,22-24,27,32,50,57H,3,8-10,12-16,18-21,25-26,28-31H2,1-2H3,(H,49,51)(H,52,56). The quantitative estimate of drug-likeness (QED) is 0.0573. The van der Waals surface area contributed by atoms with Crippen LogP contribution >= 0.6 is 0 Å². The first-order chi connectivity index (χ1) is 30.1. The summed E-state index contributed by atoms with van der Waals surface area (Å²) in [5, 5.41) is 26.4. The van der Waals surface area contributed by atoms with Crippen LogP contribution in [0.5, 0.6) is 11.5 Å². The molecule has 0 radical (unpaired) electrons. The van der Waals surface area contributed by atoms with E-state index >= 15 is 0 Å². The zero-order valence-electron chi connectivity index (χ0n) is 36.4. The number of nitrogens with zero attached hydrogens (tertiary/aromatic N) is 4. The third-order valence-electron chi connectivity index (χ3n) is 15.7. The number of ether oxygens (including phenoxy) is 1. The molecule has 1 saturated heterocycles. The number of pyridine rings is 1. The molecule has 6 fully saturated rings. The monoisotopic (exact) mass is 877 g/mol. The van der Waals surface area contributed by atoms with E-state index in [2.05, 4.69) is 36.7 Å². The van der Waals surface area contributed by atoms with Crippen molar-refractivity contribution < 1.29 is 28.0 Å². The van der Waals surface area contributed by atoms with E-state index in [0.29, 0.717) is 47.0 Å². The molecule has 2 aromatic heterocycles. The number of carbonyl (C=O) groups excluding carboxylic acids is 1. The lowest BCUT2D eigenvalue weighted by Crippen LogP contribution is -2.62. The summed E-state index contributed by atoms with van der Waals surface area (Å²) in [7, 11) is -4.56. The van der Waals surface area contributed by atoms with Gasteiger partial charge in [-0.25, -0.2) is 18.1 Å². The summed E-state index contributed by atoms with van der Waals surface area (Å²) in [6, 6.07) is 12.4. The van der Waals surface area contributed by atoms with Crippen LogP contribution in [0.1, 0.15) is 108 Å². The minimum absolute atomic E-state index is 0.0159. The van der Waals surface area contributed by atoms with Crippen molar-refractivity contribution in [3.63, 3.8) is 0 Å². The van der Waals surface area contributed by atoms with Crippen LogP contribution in [0.2, 0.25) is 0 Å². The van der Waals surface area contributed by atoms with Gasteiger partial charge in [-0.3, -0.25) is 19.8 Å². The summed E-state index contributed by atoms with van der Waals surface area (Å²) < 4.78 is 36.0. The van der Waals surface area contributed by atoms with Gasteiger partial charge in [0.25, 0.3) is 21.6 Å². The molecule has 15 heteroatoms. The topological polar surface area (TPSA) is 183 Å². The highest BCUT2D eigenvalue weighted by Crippen LogP contribution is 2.78. The van der Waals surface area contributed by atoms with Crippen LogP contribution in [-0.2, 0) is 10.0 Å². The second-order valence-corrected chi connectivity index (χ2v) is 22.2. The van der Waals surface area contributed by atoms with Gasteiger partial charge in [0.05, 0.1) is 27.2 Å². The molecule has 14 nitrogen and oxygen atoms in total. The van der Waals surface area contributed by atoms with Gasteiger partial charge in [0.1, 0.15) is 22.8 Å². The number of piperazine rings is 1. The average Bonchev–Trinajstić information content (AvgIpc) is 3.70. The molecule has 0 atom stereocenters. The van der Waals surface area contributed by atoms with E-state index < -0.39 is 37.0 Å². The van der Waals surface area contributed by atoms with Gasteiger partial charge in [0.15, 0.2) is 0 Å². The molecule has 1 spiro atoms. The number of carbonyl (C=O) groups is 1. The molecule has 5 saturated carbocycles. The number of fused-ring (bicyclic) bond motifs is 1. The molecule has 11 rings (SSSR count). The van der Waals surface area contributed by atoms with Crippen LogP contribution in [0, 0.1) is 32.3 Å². The van der Waals surface area contributed by atoms with E-state index in [4.69, 9.17) is 4.74 Å². The van der Waals surface area contributed by atoms with Gasteiger partial charge in [-0.1, -0.05) is 24.5 Å². The molecule has 7 aliphatic rings. The molecule has 2 aromatic carbocycles. The van der Waals surface area contributed by atoms with E-state index in [9.17, 15) is 28.4 Å². The maximum absolute atomic E-state index is 14.0. The van der Waals surface area contributed by atoms with Crippen molar-refractivity contribution in [3.05, 3.63) is 87.7 Å². The number of nitro benzene ring substituents is 1. The summed E-state index contributed by atoms with van der Waals surface area (Å²) in [5.41, 5.74) is 5.76. The number of aliphatic hydroxyl groups is 1. The van der Waals surface area contributed by atoms with Crippen molar-refractivity contribution in [1.82, 2.24) is 19.6 Å². The number of hydrogen-bond acceptors (Lipinski definition) is 11. The molecule has 334 valence electrons. The van der Waals surface area contributed by atoms with Crippen molar-refractivity contribution in [2.45, 2.75) is 108 Å². The third-order valence-corrected chi connectivity index (χ3v) is 17.0. The predicted octanol–water partition coefficient (Wildman–Crippen LogP) is 8.70. The Balaban J connectivity index is 0.849. The molecule has 63 heavy (non-hydrogen) atoms. The molecular formula is C48H59N7O7S. The Morgan fingerprint density at radius 1 is 1.00 bits per heavy atom. The average molecular weight is 878 g/mol. The highest BCUT2D eigenvalue weighted by molar-refractivity contribution is 7.90. The van der Waals surface area contributed by atoms with Crippen molar-refractivity contribution >= 4 is 44.0 Å². The molecule has 1 amide bonds. The number of amides is 1. The van der Waals surface area contributed by atoms with Crippen LogP contribution in [0.15, 0.2) is 77.0 Å². The fraction of sp³-hybridized carbons (Fsp3) is 0.542. The van der Waals surface area contributed by atoms with E-state index in [1.165, 1.54) is 69.9 Å². The summed E-state index contributed by atoms with van der Waals surface area (Å²) in [4.78, 5) is 37.5. The lowest BCUT2D eigenvalue weighted by atomic mass is 9.32. The number of sulfonamides is 1. The Morgan fingerprint density at radius 3 is 2.46 bits per heavy atom. The summed E-state index contributed by atoms with van der Waals surface area (Å²) >= 11 is 0. The Labute approximate surface area is 369 Å². The fourth-order valence-corrected chi connectivity index (χ4v) is 13.1. The highest BCUT2D eigenvalue weighted by atomic mass is 32.2. The first-order valence-electron chi connectivity index (χ1n) is 22.8. The molecule has 4 aromatic rings. The Morgan fingerprint density at radius 2 is 1.76 bits per heavy atom. The number of aromatic nitrogens is 2. The number of nitro groups is 1. The van der Waals surface area contributed by atoms with E-state index in [1.54, 1.807) is 36.2 Å². The summed E-state index contributed by atoms with van der Waals surface area (Å²) in [6.07, 6.45) is 18.4. The largest absolute Gasteiger partial charge is 0.455 e. The summed E-state index contributed by atoms with van der Waals surface area (Å²) in [6.45, 7) is 9.16. The minimum Gasteiger partial charge on any atom is -0.455 e. The Bertz CT molecular complexity index is 2580. The lowest BCUT2D eigenvalue weighted by molar-refractivity contribution is -0.384. The molecule has 6 aliphatic carbocycles. The van der Waals surface area contributed by atoms with Crippen molar-refractivity contribution in [3.8, 4) is 11.5 Å². The first-order valence-corrected chi connectivity index (χ1v) is 24.3. The zero-order valence-corrected chi connectivity index (χ0v) is 37.2. The molecule has 1 aliphatic heterocycles. The van der Waals surface area contributed by atoms with Gasteiger partial charge >= 0.3 is 0 Å². The predicted molar refractivity (Wildman–Crippen MR) is 242 cm³/mol. The smallest absolute Gasteiger partial charge is 0.293 e. The van der Waals surface area contributed by atoms with Gasteiger partial charge < -0.3 is 25.0 Å². The minimum atomic E-state index is -4.56. The van der Waals surface area contributed by atoms with Crippen molar-refractivity contribution in [2.75, 3.05) is 49.5 Å². The van der Waals surface area contributed by atoms with Crippen LogP contribution < -0.4 is 19.7 Å². The van der Waals surface area contributed by atoms with Gasteiger partial charge in [-0.05, 0) is 143 Å². The van der Waals surface area contributed by atoms with Gasteiger partial charge in [-0.15, -0.1) is 0 Å². The number of nitrogens with one attached hydrogen (secondary N) is 3. The molecule has 3 heterocycles. The van der Waals surface area contributed by atoms with Crippen molar-refractivity contribution in [2.24, 2.45) is 22.2 Å². The first kappa shape index (κ1) is 42.0. The normalized spacial score (nSPS) is 27.9. The molecule has 4 N–H and O–H groups in total. The Kier molecular flexibility index (Phi) is 10.4. The maximum Gasteiger partial charge on any atom is 0.293 e. The second-order valence-electron chi connectivity index (χ2n) is 20.6. The third kappa shape index (κ3) is 8.20. The fourth-order valence-electron chi connectivity index (χ4n) is 12.1. The van der Waals surface area contributed by atoms with E-state index in [0.717, 1.165) is 62.7 Å². The van der Waals surface area contributed by atoms with Crippen LogP contribution in [0.3, 0.4) is 0 Å². The number of rotatable bonds is 13. The zero-order chi connectivity index (χ0) is 43.8. The maximum atomic E-state index is 14.0. The van der Waals surface area contributed by atoms with Gasteiger partial charge in [0, 0.05) is 68.7 Å². The van der Waals surface area contributed by atoms with E-state index in [1.807, 2.05) is 24.6 Å².